The van der Waals surface area contributed by atoms with Crippen molar-refractivity contribution in [2.75, 3.05) is 13.6 Å². The molecule has 1 unspecified atom stereocenters. The van der Waals surface area contributed by atoms with Crippen LogP contribution in [0.5, 0.6) is 11.5 Å². The van der Waals surface area contributed by atoms with E-state index in [1.165, 1.54) is 63.5 Å². The molecule has 1 N–H and O–H groups in total. The second-order valence-electron chi connectivity index (χ2n) is 16.0. The predicted octanol–water partition coefficient (Wildman–Crippen LogP) is 8.86. The van der Waals surface area contributed by atoms with E-state index in [0.717, 1.165) is 18.5 Å². The van der Waals surface area contributed by atoms with Gasteiger partial charge in [-0.05, 0) is 109 Å². The summed E-state index contributed by atoms with van der Waals surface area (Å²) in [6.07, 6.45) is 11.2. The SMILES string of the molecule is CNC[C@]1(C)CC[C@]2(C)CC[C@]3(C)C4=CC(SC(C)C)c5c(cc(OC(C)=O)c(OC(C)=O)c5C)[C@]4(C)CC[C@@]3(C)[C@@H]2C1. The third-order valence-electron chi connectivity index (χ3n) is 12.6. The number of allylic oxidation sites excluding steroid dienone is 1. The van der Waals surface area contributed by atoms with E-state index >= 15 is 0 Å². The summed E-state index contributed by atoms with van der Waals surface area (Å²) in [6.45, 7) is 23.2. The zero-order valence-corrected chi connectivity index (χ0v) is 29.4. The molecule has 238 valence electrons. The number of fused-ring (bicyclic) bond motifs is 7. The lowest BCUT2D eigenvalue weighted by Crippen LogP contribution is -2.62. The summed E-state index contributed by atoms with van der Waals surface area (Å²) in [5.41, 5.74) is 5.72. The van der Waals surface area contributed by atoms with Gasteiger partial charge in [-0.15, -0.1) is 11.8 Å². The Hall–Kier alpha value is -1.79. The van der Waals surface area contributed by atoms with Crippen LogP contribution in [-0.4, -0.2) is 30.8 Å². The van der Waals surface area contributed by atoms with Gasteiger partial charge in [-0.25, -0.2) is 0 Å². The third kappa shape index (κ3) is 5.11. The van der Waals surface area contributed by atoms with Crippen LogP contribution in [0.3, 0.4) is 0 Å². The van der Waals surface area contributed by atoms with Gasteiger partial charge in [0.2, 0.25) is 0 Å². The first-order valence-corrected chi connectivity index (χ1v) is 17.4. The Morgan fingerprint density at radius 3 is 2.23 bits per heavy atom. The second-order valence-corrected chi connectivity index (χ2v) is 17.7. The molecule has 0 spiro atoms. The molecular weight excluding hydrogens is 554 g/mol. The number of rotatable bonds is 6. The molecule has 4 aliphatic carbocycles. The van der Waals surface area contributed by atoms with Gasteiger partial charge in [0.05, 0.1) is 0 Å². The molecule has 0 saturated heterocycles. The number of benzene rings is 1. The summed E-state index contributed by atoms with van der Waals surface area (Å²) in [4.78, 5) is 24.5. The van der Waals surface area contributed by atoms with Gasteiger partial charge >= 0.3 is 11.9 Å². The van der Waals surface area contributed by atoms with Crippen molar-refractivity contribution in [2.24, 2.45) is 27.6 Å². The maximum atomic E-state index is 12.3. The molecule has 0 heterocycles. The van der Waals surface area contributed by atoms with E-state index in [0.29, 0.717) is 33.5 Å². The van der Waals surface area contributed by atoms with Crippen molar-refractivity contribution in [3.05, 3.63) is 34.4 Å². The highest BCUT2D eigenvalue weighted by Gasteiger charge is 2.66. The van der Waals surface area contributed by atoms with E-state index < -0.39 is 11.9 Å². The Morgan fingerprint density at radius 1 is 0.977 bits per heavy atom. The summed E-state index contributed by atoms with van der Waals surface area (Å²) in [6, 6.07) is 2.05. The van der Waals surface area contributed by atoms with Gasteiger partial charge in [0.1, 0.15) is 0 Å². The molecule has 0 bridgehead atoms. The van der Waals surface area contributed by atoms with Crippen LogP contribution in [0.25, 0.3) is 0 Å². The molecule has 7 atom stereocenters. The first-order valence-electron chi connectivity index (χ1n) is 16.5. The average molecular weight is 610 g/mol. The van der Waals surface area contributed by atoms with Gasteiger partial charge < -0.3 is 14.8 Å². The maximum absolute atomic E-state index is 12.3. The minimum atomic E-state index is -0.410. The molecule has 0 aliphatic heterocycles. The van der Waals surface area contributed by atoms with Crippen LogP contribution in [0.2, 0.25) is 0 Å². The van der Waals surface area contributed by atoms with Crippen LogP contribution in [-0.2, 0) is 15.0 Å². The lowest BCUT2D eigenvalue weighted by Gasteiger charge is -2.70. The first-order chi connectivity index (χ1) is 19.9. The van der Waals surface area contributed by atoms with Crippen molar-refractivity contribution >= 4 is 23.7 Å². The van der Waals surface area contributed by atoms with E-state index in [4.69, 9.17) is 9.47 Å². The van der Waals surface area contributed by atoms with Gasteiger partial charge in [-0.1, -0.05) is 60.1 Å². The molecule has 5 nitrogen and oxygen atoms in total. The molecule has 1 aromatic carbocycles. The highest BCUT2D eigenvalue weighted by molar-refractivity contribution is 8.00. The lowest BCUT2D eigenvalue weighted by atomic mass is 9.34. The average Bonchev–Trinajstić information content (AvgIpc) is 2.89. The maximum Gasteiger partial charge on any atom is 0.308 e. The summed E-state index contributed by atoms with van der Waals surface area (Å²) in [5.74, 6) is 0.585. The summed E-state index contributed by atoms with van der Waals surface area (Å²) < 4.78 is 11.5. The number of thioether (sulfide) groups is 1. The first kappa shape index (κ1) is 32.6. The van der Waals surface area contributed by atoms with Crippen molar-refractivity contribution in [1.82, 2.24) is 5.32 Å². The van der Waals surface area contributed by atoms with Crippen LogP contribution in [0.1, 0.15) is 129 Å². The highest BCUT2D eigenvalue weighted by Crippen LogP contribution is 2.75. The van der Waals surface area contributed by atoms with Crippen LogP contribution < -0.4 is 14.8 Å². The monoisotopic (exact) mass is 609 g/mol. The van der Waals surface area contributed by atoms with E-state index in [-0.39, 0.29) is 21.5 Å². The minimum absolute atomic E-state index is 0.0552. The number of carbonyl (C=O) groups excluding carboxylic acids is 2. The fourth-order valence-electron chi connectivity index (χ4n) is 10.2. The smallest absolute Gasteiger partial charge is 0.308 e. The van der Waals surface area contributed by atoms with Gasteiger partial charge in [0, 0.05) is 36.6 Å². The van der Waals surface area contributed by atoms with Crippen LogP contribution in [0.4, 0.5) is 0 Å². The Kier molecular flexibility index (Phi) is 8.29. The summed E-state index contributed by atoms with van der Waals surface area (Å²) >= 11 is 1.97. The van der Waals surface area contributed by atoms with Crippen LogP contribution in [0, 0.1) is 34.5 Å². The summed E-state index contributed by atoms with van der Waals surface area (Å²) in [7, 11) is 2.10. The normalized spacial score (nSPS) is 38.3. The quantitative estimate of drug-likeness (QED) is 0.197. The molecule has 43 heavy (non-hydrogen) atoms. The molecule has 0 amide bonds. The van der Waals surface area contributed by atoms with E-state index in [2.05, 4.69) is 66.9 Å². The third-order valence-corrected chi connectivity index (χ3v) is 13.9. The summed E-state index contributed by atoms with van der Waals surface area (Å²) in [5, 5.41) is 4.08. The number of hydrogen-bond donors (Lipinski definition) is 1. The van der Waals surface area contributed by atoms with Gasteiger partial charge in [0.15, 0.2) is 11.5 Å². The Balaban J connectivity index is 1.70. The van der Waals surface area contributed by atoms with E-state index in [1.807, 2.05) is 24.8 Å². The Bertz CT molecular complexity index is 1350. The minimum Gasteiger partial charge on any atom is -0.423 e. The predicted molar refractivity (Wildman–Crippen MR) is 177 cm³/mol. The number of ether oxygens (including phenoxy) is 2. The van der Waals surface area contributed by atoms with Crippen LogP contribution in [0.15, 0.2) is 17.7 Å². The number of esters is 2. The topological polar surface area (TPSA) is 64.6 Å². The van der Waals surface area contributed by atoms with Crippen molar-refractivity contribution < 1.29 is 19.1 Å². The highest BCUT2D eigenvalue weighted by atomic mass is 32.2. The largest absolute Gasteiger partial charge is 0.423 e. The van der Waals surface area contributed by atoms with Gasteiger partial charge in [-0.3, -0.25) is 9.59 Å². The molecule has 1 aromatic rings. The number of nitrogens with one attached hydrogen (secondary N) is 1. The molecule has 0 aromatic heterocycles. The zero-order chi connectivity index (χ0) is 31.8. The Labute approximate surface area is 264 Å². The zero-order valence-electron chi connectivity index (χ0n) is 28.6. The standard InChI is InChI=1S/C37H55NO4S/c1-22(2)43-28-19-29-35(8,26-18-27(41-24(4)39)32(42-25(5)40)23(3)31(26)28)15-17-37(10)30-20-33(6,21-38-11)12-13-34(30,7)14-16-36(29,37)9/h18-19,22,28,30,38H,12-17,20-21H2,1-11H3/t28?,30-,33-,34-,35+,36-,37+/m1/s1. The molecular formula is C37H55NO4S. The van der Waals surface area contributed by atoms with Crippen molar-refractivity contribution in [3.8, 4) is 11.5 Å². The van der Waals surface area contributed by atoms with Gasteiger partial charge in [0.25, 0.3) is 0 Å². The van der Waals surface area contributed by atoms with E-state index in [1.54, 1.807) is 5.57 Å². The molecule has 6 heteroatoms. The van der Waals surface area contributed by atoms with Crippen molar-refractivity contribution in [2.45, 2.75) is 130 Å². The van der Waals surface area contributed by atoms with Crippen LogP contribution >= 0.6 is 11.8 Å². The van der Waals surface area contributed by atoms with Gasteiger partial charge in [-0.2, -0.15) is 0 Å². The number of hydrogen-bond acceptors (Lipinski definition) is 6. The molecule has 0 radical (unpaired) electrons. The fourth-order valence-corrected chi connectivity index (χ4v) is 11.5. The fraction of sp³-hybridized carbons (Fsp3) is 0.730. The second kappa shape index (κ2) is 10.9. The molecule has 5 rings (SSSR count). The Morgan fingerprint density at radius 2 is 1.63 bits per heavy atom. The van der Waals surface area contributed by atoms with Crippen molar-refractivity contribution in [1.29, 1.82) is 0 Å². The molecule has 4 aliphatic rings. The molecule has 3 saturated carbocycles. The number of carbonyl (C=O) groups is 2. The van der Waals surface area contributed by atoms with E-state index in [9.17, 15) is 9.59 Å². The van der Waals surface area contributed by atoms with Crippen molar-refractivity contribution in [3.63, 3.8) is 0 Å². The lowest BCUT2D eigenvalue weighted by molar-refractivity contribution is -0.158. The molecule has 3 fully saturated rings.